The van der Waals surface area contributed by atoms with Crippen LogP contribution < -0.4 is 4.74 Å². The van der Waals surface area contributed by atoms with Crippen molar-refractivity contribution in [2.24, 2.45) is 7.05 Å². The van der Waals surface area contributed by atoms with Crippen LogP contribution in [-0.2, 0) is 19.4 Å². The summed E-state index contributed by atoms with van der Waals surface area (Å²) in [5.41, 5.74) is 1.84. The largest absolute Gasteiger partial charge is 0.486 e. The molecule has 0 fully saturated rings. The van der Waals surface area contributed by atoms with E-state index in [0.717, 1.165) is 16.7 Å². The molecule has 124 valence electrons. The van der Waals surface area contributed by atoms with Crippen LogP contribution in [0.5, 0.6) is 5.75 Å². The van der Waals surface area contributed by atoms with Crippen molar-refractivity contribution in [3.63, 3.8) is 0 Å². The third-order valence-corrected chi connectivity index (χ3v) is 4.70. The summed E-state index contributed by atoms with van der Waals surface area (Å²) in [5, 5.41) is 9.05. The maximum absolute atomic E-state index is 13.7. The number of nitrogens with zero attached hydrogens (tertiary/aromatic N) is 3. The van der Waals surface area contributed by atoms with Crippen molar-refractivity contribution in [1.29, 1.82) is 0 Å². The van der Waals surface area contributed by atoms with Crippen LogP contribution in [0.15, 0.2) is 53.7 Å². The van der Waals surface area contributed by atoms with Crippen molar-refractivity contribution in [1.82, 2.24) is 14.8 Å². The maximum Gasteiger partial charge on any atom is 0.191 e. The van der Waals surface area contributed by atoms with E-state index in [1.165, 1.54) is 23.4 Å². The second-order valence-corrected chi connectivity index (χ2v) is 6.38. The highest BCUT2D eigenvalue weighted by Gasteiger charge is 2.11. The highest BCUT2D eigenvalue weighted by atomic mass is 32.2. The lowest BCUT2D eigenvalue weighted by Gasteiger charge is -2.07. The van der Waals surface area contributed by atoms with Crippen molar-refractivity contribution in [2.75, 3.05) is 0 Å². The first-order valence-corrected chi connectivity index (χ1v) is 8.56. The van der Waals surface area contributed by atoms with Gasteiger partial charge >= 0.3 is 0 Å². The predicted molar refractivity (Wildman–Crippen MR) is 92.5 cm³/mol. The standard InChI is InChI=1S/C18H18FN3OS/c1-13-7-9-15(10-8-13)23-11-17-20-21-18(22(17)2)24-12-14-5-3-4-6-16(14)19/h3-10H,11-12H2,1-2H3. The fourth-order valence-electron chi connectivity index (χ4n) is 2.14. The molecule has 2 aromatic carbocycles. The summed E-state index contributed by atoms with van der Waals surface area (Å²) < 4.78 is 21.3. The first kappa shape index (κ1) is 16.5. The number of halogens is 1. The Morgan fingerprint density at radius 3 is 2.58 bits per heavy atom. The molecular formula is C18H18FN3OS. The SMILES string of the molecule is Cc1ccc(OCc2nnc(SCc3ccccc3F)n2C)cc1. The molecule has 0 aliphatic heterocycles. The van der Waals surface area contributed by atoms with Crippen LogP contribution in [0.4, 0.5) is 4.39 Å². The van der Waals surface area contributed by atoms with Crippen molar-refractivity contribution < 1.29 is 9.13 Å². The van der Waals surface area contributed by atoms with Gasteiger partial charge in [-0.25, -0.2) is 4.39 Å². The number of hydrogen-bond donors (Lipinski definition) is 0. The molecule has 0 saturated carbocycles. The maximum atomic E-state index is 13.7. The summed E-state index contributed by atoms with van der Waals surface area (Å²) in [6.45, 7) is 2.37. The fourth-order valence-corrected chi connectivity index (χ4v) is 3.05. The molecule has 0 amide bonds. The van der Waals surface area contributed by atoms with Crippen LogP contribution in [0.2, 0.25) is 0 Å². The predicted octanol–water partition coefficient (Wildman–Crippen LogP) is 4.13. The zero-order valence-corrected chi connectivity index (χ0v) is 14.4. The van der Waals surface area contributed by atoms with Gasteiger partial charge in [0.05, 0.1) is 0 Å². The van der Waals surface area contributed by atoms with Crippen molar-refractivity contribution in [3.8, 4) is 5.75 Å². The third-order valence-electron chi connectivity index (χ3n) is 3.63. The van der Waals surface area contributed by atoms with Gasteiger partial charge in [-0.15, -0.1) is 10.2 Å². The van der Waals surface area contributed by atoms with E-state index in [2.05, 4.69) is 10.2 Å². The molecule has 0 aliphatic carbocycles. The van der Waals surface area contributed by atoms with E-state index in [1.807, 2.05) is 48.9 Å². The highest BCUT2D eigenvalue weighted by molar-refractivity contribution is 7.98. The number of thioether (sulfide) groups is 1. The average molecular weight is 343 g/mol. The summed E-state index contributed by atoms with van der Waals surface area (Å²) in [4.78, 5) is 0. The Kier molecular flexibility index (Phi) is 5.15. The van der Waals surface area contributed by atoms with Gasteiger partial charge < -0.3 is 9.30 Å². The minimum Gasteiger partial charge on any atom is -0.486 e. The van der Waals surface area contributed by atoms with Crippen LogP contribution >= 0.6 is 11.8 Å². The zero-order chi connectivity index (χ0) is 16.9. The molecule has 4 nitrogen and oxygen atoms in total. The quantitative estimate of drug-likeness (QED) is 0.631. The zero-order valence-electron chi connectivity index (χ0n) is 13.6. The molecule has 0 aliphatic rings. The topological polar surface area (TPSA) is 39.9 Å². The molecule has 0 N–H and O–H groups in total. The Labute approximate surface area is 144 Å². The van der Waals surface area contributed by atoms with Gasteiger partial charge in [-0.05, 0) is 30.7 Å². The molecule has 3 aromatic rings. The second-order valence-electron chi connectivity index (χ2n) is 5.44. The van der Waals surface area contributed by atoms with E-state index in [9.17, 15) is 4.39 Å². The monoisotopic (exact) mass is 343 g/mol. The van der Waals surface area contributed by atoms with E-state index in [-0.39, 0.29) is 5.82 Å². The molecule has 0 spiro atoms. The Balaban J connectivity index is 1.61. The summed E-state index contributed by atoms with van der Waals surface area (Å²) in [6.07, 6.45) is 0. The average Bonchev–Trinajstić information content (AvgIpc) is 2.94. The van der Waals surface area contributed by atoms with Gasteiger partial charge in [-0.2, -0.15) is 0 Å². The van der Waals surface area contributed by atoms with Gasteiger partial charge in [0.15, 0.2) is 11.0 Å². The number of hydrogen-bond acceptors (Lipinski definition) is 4. The second kappa shape index (κ2) is 7.49. The molecule has 1 aromatic heterocycles. The summed E-state index contributed by atoms with van der Waals surface area (Å²) in [7, 11) is 1.89. The number of benzene rings is 2. The first-order valence-electron chi connectivity index (χ1n) is 7.57. The van der Waals surface area contributed by atoms with E-state index in [1.54, 1.807) is 12.1 Å². The van der Waals surface area contributed by atoms with Crippen LogP contribution in [0.1, 0.15) is 17.0 Å². The van der Waals surface area contributed by atoms with E-state index in [4.69, 9.17) is 4.74 Å². The van der Waals surface area contributed by atoms with Gasteiger partial charge in [0.25, 0.3) is 0 Å². The van der Waals surface area contributed by atoms with Gasteiger partial charge in [-0.1, -0.05) is 47.7 Å². The summed E-state index contributed by atoms with van der Waals surface area (Å²) in [6, 6.07) is 14.6. The van der Waals surface area contributed by atoms with Crippen LogP contribution in [0.25, 0.3) is 0 Å². The Bertz CT molecular complexity index is 817. The summed E-state index contributed by atoms with van der Waals surface area (Å²) >= 11 is 1.45. The molecule has 6 heteroatoms. The van der Waals surface area contributed by atoms with Crippen LogP contribution in [-0.4, -0.2) is 14.8 Å². The number of ether oxygens (including phenoxy) is 1. The number of aryl methyl sites for hydroxylation is 1. The van der Waals surface area contributed by atoms with Gasteiger partial charge in [-0.3, -0.25) is 0 Å². The molecule has 0 unspecified atom stereocenters. The first-order chi connectivity index (χ1) is 11.6. The Morgan fingerprint density at radius 1 is 1.08 bits per heavy atom. The molecule has 3 rings (SSSR count). The lowest BCUT2D eigenvalue weighted by molar-refractivity contribution is 0.290. The lowest BCUT2D eigenvalue weighted by Crippen LogP contribution is -2.04. The third kappa shape index (κ3) is 3.94. The Morgan fingerprint density at radius 2 is 1.83 bits per heavy atom. The normalized spacial score (nSPS) is 10.8. The summed E-state index contributed by atoms with van der Waals surface area (Å²) in [5.74, 6) is 1.84. The number of rotatable bonds is 6. The Hall–Kier alpha value is -2.34. The minimum atomic E-state index is -0.199. The van der Waals surface area contributed by atoms with Crippen molar-refractivity contribution in [3.05, 3.63) is 71.3 Å². The smallest absolute Gasteiger partial charge is 0.191 e. The highest BCUT2D eigenvalue weighted by Crippen LogP contribution is 2.23. The molecule has 0 atom stereocenters. The van der Waals surface area contributed by atoms with Crippen molar-refractivity contribution in [2.45, 2.75) is 24.4 Å². The fraction of sp³-hybridized carbons (Fsp3) is 0.222. The van der Waals surface area contributed by atoms with E-state index < -0.39 is 0 Å². The van der Waals surface area contributed by atoms with E-state index in [0.29, 0.717) is 17.9 Å². The molecule has 24 heavy (non-hydrogen) atoms. The molecule has 0 radical (unpaired) electrons. The molecule has 0 saturated heterocycles. The number of aromatic nitrogens is 3. The van der Waals surface area contributed by atoms with E-state index >= 15 is 0 Å². The van der Waals surface area contributed by atoms with Gasteiger partial charge in [0, 0.05) is 12.8 Å². The van der Waals surface area contributed by atoms with Gasteiger partial charge in [0.2, 0.25) is 0 Å². The van der Waals surface area contributed by atoms with Crippen molar-refractivity contribution >= 4 is 11.8 Å². The minimum absolute atomic E-state index is 0.199. The molecule has 1 heterocycles. The lowest BCUT2D eigenvalue weighted by atomic mass is 10.2. The molecule has 0 bridgehead atoms. The molecular weight excluding hydrogens is 325 g/mol. The van der Waals surface area contributed by atoms with Gasteiger partial charge in [0.1, 0.15) is 18.2 Å². The van der Waals surface area contributed by atoms with Crippen LogP contribution in [0, 0.1) is 12.7 Å². The van der Waals surface area contributed by atoms with Crippen LogP contribution in [0.3, 0.4) is 0 Å².